The number of nitrogens with zero attached hydrogens (tertiary/aromatic N) is 3. The first kappa shape index (κ1) is 13.8. The first-order valence-electron chi connectivity index (χ1n) is 6.60. The van der Waals surface area contributed by atoms with Crippen LogP contribution in [0, 0.1) is 5.92 Å². The molecule has 20 heavy (non-hydrogen) atoms. The molecule has 7 heteroatoms. The van der Waals surface area contributed by atoms with Crippen LogP contribution >= 0.6 is 15.9 Å². The highest BCUT2D eigenvalue weighted by Gasteiger charge is 2.31. The Morgan fingerprint density at radius 3 is 2.95 bits per heavy atom. The lowest BCUT2D eigenvalue weighted by Crippen LogP contribution is -2.34. The molecule has 1 aliphatic rings. The molecule has 1 N–H and O–H groups in total. The molecule has 0 spiro atoms. The van der Waals surface area contributed by atoms with E-state index in [2.05, 4.69) is 38.0 Å². The number of likely N-dealkylation sites (tertiary alicyclic amines) is 1. The van der Waals surface area contributed by atoms with E-state index in [0.29, 0.717) is 34.7 Å². The zero-order chi connectivity index (χ0) is 14.1. The summed E-state index contributed by atoms with van der Waals surface area (Å²) in [6.45, 7) is 3.81. The standard InChI is InChI=1S/C13H16BrN3O3/c1-8-4-5-17(9(8)7-18)6-12-15-16-13(20-12)10-2-3-11(14)19-10/h2-3,8-9,18H,4-7H2,1H3. The molecule has 2 atom stereocenters. The van der Waals surface area contributed by atoms with Gasteiger partial charge in [-0.2, -0.15) is 0 Å². The highest BCUT2D eigenvalue weighted by Crippen LogP contribution is 2.27. The second kappa shape index (κ2) is 5.67. The van der Waals surface area contributed by atoms with Gasteiger partial charge < -0.3 is 13.9 Å². The number of halogens is 1. The molecule has 6 nitrogen and oxygen atoms in total. The van der Waals surface area contributed by atoms with Crippen LogP contribution in [0.2, 0.25) is 0 Å². The van der Waals surface area contributed by atoms with E-state index in [1.807, 2.05) is 0 Å². The highest BCUT2D eigenvalue weighted by molar-refractivity contribution is 9.10. The molecule has 108 valence electrons. The Morgan fingerprint density at radius 2 is 2.25 bits per heavy atom. The van der Waals surface area contributed by atoms with Gasteiger partial charge in [-0.05, 0) is 46.9 Å². The lowest BCUT2D eigenvalue weighted by molar-refractivity contribution is 0.126. The Bertz CT molecular complexity index is 583. The molecule has 2 unspecified atom stereocenters. The summed E-state index contributed by atoms with van der Waals surface area (Å²) in [7, 11) is 0. The smallest absolute Gasteiger partial charge is 0.283 e. The number of furan rings is 1. The molecule has 3 rings (SSSR count). The highest BCUT2D eigenvalue weighted by atomic mass is 79.9. The summed E-state index contributed by atoms with van der Waals surface area (Å²) in [4.78, 5) is 2.18. The van der Waals surface area contributed by atoms with Crippen LogP contribution in [0.4, 0.5) is 0 Å². The van der Waals surface area contributed by atoms with E-state index >= 15 is 0 Å². The van der Waals surface area contributed by atoms with Crippen molar-refractivity contribution in [2.75, 3.05) is 13.2 Å². The van der Waals surface area contributed by atoms with Crippen molar-refractivity contribution in [3.63, 3.8) is 0 Å². The maximum atomic E-state index is 9.44. The van der Waals surface area contributed by atoms with E-state index in [0.717, 1.165) is 13.0 Å². The van der Waals surface area contributed by atoms with Gasteiger partial charge in [-0.15, -0.1) is 10.2 Å². The monoisotopic (exact) mass is 341 g/mol. The molecule has 2 aromatic heterocycles. The van der Waals surface area contributed by atoms with E-state index in [9.17, 15) is 5.11 Å². The first-order valence-corrected chi connectivity index (χ1v) is 7.39. The molecule has 1 saturated heterocycles. The van der Waals surface area contributed by atoms with Crippen LogP contribution in [-0.2, 0) is 6.54 Å². The van der Waals surface area contributed by atoms with Crippen LogP contribution in [0.5, 0.6) is 0 Å². The Hall–Kier alpha value is -1.18. The summed E-state index contributed by atoms with van der Waals surface area (Å²) in [5, 5.41) is 17.5. The van der Waals surface area contributed by atoms with Gasteiger partial charge in [0.15, 0.2) is 10.4 Å². The number of hydrogen-bond donors (Lipinski definition) is 1. The van der Waals surface area contributed by atoms with Crippen molar-refractivity contribution in [3.05, 3.63) is 22.7 Å². The molecule has 3 heterocycles. The van der Waals surface area contributed by atoms with Crippen LogP contribution in [0.1, 0.15) is 19.2 Å². The minimum absolute atomic E-state index is 0.160. The van der Waals surface area contributed by atoms with E-state index in [1.165, 1.54) is 0 Å². The maximum absolute atomic E-state index is 9.44. The summed E-state index contributed by atoms with van der Waals surface area (Å²) in [5.74, 6) is 1.95. The minimum Gasteiger partial charge on any atom is -0.444 e. The van der Waals surface area contributed by atoms with E-state index in [4.69, 9.17) is 8.83 Å². The van der Waals surface area contributed by atoms with Gasteiger partial charge in [0, 0.05) is 6.04 Å². The molecule has 0 saturated carbocycles. The predicted molar refractivity (Wildman–Crippen MR) is 74.8 cm³/mol. The second-order valence-corrected chi connectivity index (χ2v) is 5.87. The summed E-state index contributed by atoms with van der Waals surface area (Å²) < 4.78 is 11.6. The summed E-state index contributed by atoms with van der Waals surface area (Å²) in [6.07, 6.45) is 1.08. The largest absolute Gasteiger partial charge is 0.444 e. The lowest BCUT2D eigenvalue weighted by atomic mass is 10.0. The number of aliphatic hydroxyl groups excluding tert-OH is 1. The average molecular weight is 342 g/mol. The average Bonchev–Trinajstić information content (AvgIpc) is 3.11. The van der Waals surface area contributed by atoms with Crippen molar-refractivity contribution in [2.24, 2.45) is 5.92 Å². The van der Waals surface area contributed by atoms with E-state index in [1.54, 1.807) is 12.1 Å². The summed E-state index contributed by atoms with van der Waals surface area (Å²) >= 11 is 3.24. The van der Waals surface area contributed by atoms with Gasteiger partial charge in [-0.1, -0.05) is 6.92 Å². The van der Waals surface area contributed by atoms with Crippen LogP contribution in [-0.4, -0.2) is 39.4 Å². The van der Waals surface area contributed by atoms with Crippen molar-refractivity contribution < 1.29 is 13.9 Å². The Balaban J connectivity index is 1.71. The number of aromatic nitrogens is 2. The Morgan fingerprint density at radius 1 is 1.40 bits per heavy atom. The molecule has 2 aromatic rings. The fourth-order valence-corrected chi connectivity index (χ4v) is 2.91. The van der Waals surface area contributed by atoms with Gasteiger partial charge >= 0.3 is 0 Å². The first-order chi connectivity index (χ1) is 9.67. The van der Waals surface area contributed by atoms with Crippen LogP contribution in [0.15, 0.2) is 25.6 Å². The third-order valence-electron chi connectivity index (χ3n) is 3.77. The fourth-order valence-electron chi connectivity index (χ4n) is 2.60. The van der Waals surface area contributed by atoms with Crippen LogP contribution in [0.25, 0.3) is 11.7 Å². The Labute approximate surface area is 124 Å². The molecular formula is C13H16BrN3O3. The molecule has 1 fully saturated rings. The zero-order valence-electron chi connectivity index (χ0n) is 11.1. The molecule has 0 amide bonds. The summed E-state index contributed by atoms with van der Waals surface area (Å²) in [6, 6.07) is 3.72. The van der Waals surface area contributed by atoms with Crippen LogP contribution < -0.4 is 0 Å². The number of hydrogen-bond acceptors (Lipinski definition) is 6. The molecule has 0 aliphatic carbocycles. The van der Waals surface area contributed by atoms with Gasteiger partial charge in [0.1, 0.15) is 0 Å². The van der Waals surface area contributed by atoms with E-state index in [-0.39, 0.29) is 12.6 Å². The quantitative estimate of drug-likeness (QED) is 0.919. The summed E-state index contributed by atoms with van der Waals surface area (Å²) in [5.41, 5.74) is 0. The van der Waals surface area contributed by atoms with Gasteiger partial charge in [0.05, 0.1) is 13.2 Å². The van der Waals surface area contributed by atoms with Gasteiger partial charge in [-0.25, -0.2) is 0 Å². The van der Waals surface area contributed by atoms with Gasteiger partial charge in [0.2, 0.25) is 5.89 Å². The minimum atomic E-state index is 0.160. The van der Waals surface area contributed by atoms with Crippen molar-refractivity contribution in [2.45, 2.75) is 25.9 Å². The van der Waals surface area contributed by atoms with Crippen LogP contribution in [0.3, 0.4) is 0 Å². The third-order valence-corrected chi connectivity index (χ3v) is 4.20. The topological polar surface area (TPSA) is 75.5 Å². The predicted octanol–water partition coefficient (Wildman–Crippen LogP) is 2.29. The third kappa shape index (κ3) is 2.65. The normalized spacial score (nSPS) is 23.6. The zero-order valence-corrected chi connectivity index (χ0v) is 12.7. The van der Waals surface area contributed by atoms with Gasteiger partial charge in [-0.3, -0.25) is 4.90 Å². The molecule has 0 bridgehead atoms. The number of aliphatic hydroxyl groups is 1. The van der Waals surface area contributed by atoms with Gasteiger partial charge in [0.25, 0.3) is 5.89 Å². The van der Waals surface area contributed by atoms with Crippen molar-refractivity contribution in [1.29, 1.82) is 0 Å². The molecule has 1 aliphatic heterocycles. The van der Waals surface area contributed by atoms with E-state index < -0.39 is 0 Å². The van der Waals surface area contributed by atoms with Crippen molar-refractivity contribution >= 4 is 15.9 Å². The van der Waals surface area contributed by atoms with Crippen molar-refractivity contribution in [3.8, 4) is 11.7 Å². The molecule has 0 radical (unpaired) electrons. The lowest BCUT2D eigenvalue weighted by Gasteiger charge is -2.23. The van der Waals surface area contributed by atoms with Crippen molar-refractivity contribution in [1.82, 2.24) is 15.1 Å². The maximum Gasteiger partial charge on any atom is 0.283 e. The second-order valence-electron chi connectivity index (χ2n) is 5.09. The molecule has 0 aromatic carbocycles. The molecular weight excluding hydrogens is 326 g/mol. The fraction of sp³-hybridized carbons (Fsp3) is 0.538. The Kier molecular flexibility index (Phi) is 3.91. The SMILES string of the molecule is CC1CCN(Cc2nnc(-c3ccc(Br)o3)o2)C1CO. The number of rotatable bonds is 4.